The van der Waals surface area contributed by atoms with Gasteiger partial charge < -0.3 is 0 Å². The van der Waals surface area contributed by atoms with E-state index < -0.39 is 0 Å². The molecule has 2 saturated carbocycles. The molecule has 0 heteroatoms. The van der Waals surface area contributed by atoms with Crippen LogP contribution in [0.3, 0.4) is 0 Å². The molecular weight excluding hydrogens is 360 g/mol. The van der Waals surface area contributed by atoms with Gasteiger partial charge in [-0.1, -0.05) is 68.8 Å². The van der Waals surface area contributed by atoms with Crippen LogP contribution in [0.2, 0.25) is 0 Å². The van der Waals surface area contributed by atoms with E-state index in [9.17, 15) is 0 Å². The predicted molar refractivity (Wildman–Crippen MR) is 132 cm³/mol. The first-order valence-electron chi connectivity index (χ1n) is 12.8. The zero-order chi connectivity index (χ0) is 20.9. The van der Waals surface area contributed by atoms with Crippen molar-refractivity contribution in [2.24, 2.45) is 23.7 Å². The molecule has 0 radical (unpaired) electrons. The van der Waals surface area contributed by atoms with Gasteiger partial charge in [-0.15, -0.1) is 0 Å². The molecular formula is C30H42. The van der Waals surface area contributed by atoms with Gasteiger partial charge in [0.05, 0.1) is 0 Å². The fourth-order valence-electron chi connectivity index (χ4n) is 6.51. The summed E-state index contributed by atoms with van der Waals surface area (Å²) in [5.41, 5.74) is 3.03. The normalized spacial score (nSPS) is 28.8. The van der Waals surface area contributed by atoms with Crippen molar-refractivity contribution < 1.29 is 0 Å². The Morgan fingerprint density at radius 2 is 1.47 bits per heavy atom. The minimum Gasteiger partial charge on any atom is -0.0914 e. The molecule has 0 N–H and O–H groups in total. The van der Waals surface area contributed by atoms with E-state index in [1.54, 1.807) is 5.56 Å². The summed E-state index contributed by atoms with van der Waals surface area (Å²) in [6.45, 7) is 6.92. The fraction of sp³-hybridized carbons (Fsp3) is 0.600. The van der Waals surface area contributed by atoms with Crippen LogP contribution < -0.4 is 0 Å². The van der Waals surface area contributed by atoms with Gasteiger partial charge in [-0.3, -0.25) is 0 Å². The molecule has 0 spiro atoms. The van der Waals surface area contributed by atoms with Gasteiger partial charge in [0.1, 0.15) is 0 Å². The second-order valence-corrected chi connectivity index (χ2v) is 10.4. The van der Waals surface area contributed by atoms with Gasteiger partial charge in [0.25, 0.3) is 0 Å². The number of rotatable bonds is 6. The average Bonchev–Trinajstić information content (AvgIpc) is 2.79. The highest BCUT2D eigenvalue weighted by atomic mass is 14.4. The maximum Gasteiger partial charge on any atom is -0.0162 e. The summed E-state index contributed by atoms with van der Waals surface area (Å²) in [5.74, 6) is 4.46. The van der Waals surface area contributed by atoms with Crippen LogP contribution in [0.5, 0.6) is 0 Å². The van der Waals surface area contributed by atoms with E-state index >= 15 is 0 Å². The highest BCUT2D eigenvalue weighted by Gasteiger charge is 2.32. The summed E-state index contributed by atoms with van der Waals surface area (Å²) < 4.78 is 0. The Labute approximate surface area is 185 Å². The van der Waals surface area contributed by atoms with Crippen LogP contribution in [0, 0.1) is 23.7 Å². The summed E-state index contributed by atoms with van der Waals surface area (Å²) in [4.78, 5) is 0. The van der Waals surface area contributed by atoms with Crippen molar-refractivity contribution in [3.63, 3.8) is 0 Å². The lowest BCUT2D eigenvalue weighted by Crippen LogP contribution is -2.27. The minimum atomic E-state index is 0.691. The molecule has 0 aromatic heterocycles. The Balaban J connectivity index is 1.34. The first-order chi connectivity index (χ1) is 14.7. The van der Waals surface area contributed by atoms with Gasteiger partial charge >= 0.3 is 0 Å². The van der Waals surface area contributed by atoms with Crippen LogP contribution in [0.15, 0.2) is 48.6 Å². The monoisotopic (exact) mass is 402 g/mol. The Morgan fingerprint density at radius 1 is 0.833 bits per heavy atom. The SMILES string of the molecule is C/C=C/C1CCC(C2CCC(C(C)c3ccc4cc(CCC)ccc4c3)CC2)CC1. The van der Waals surface area contributed by atoms with Gasteiger partial charge in [-0.25, -0.2) is 0 Å². The third kappa shape index (κ3) is 5.01. The van der Waals surface area contributed by atoms with Crippen molar-refractivity contribution in [1.82, 2.24) is 0 Å². The predicted octanol–water partition coefficient (Wildman–Crippen LogP) is 9.08. The summed E-state index contributed by atoms with van der Waals surface area (Å²) in [6.07, 6.45) is 18.8. The Bertz CT molecular complexity index is 828. The van der Waals surface area contributed by atoms with Crippen LogP contribution in [0.25, 0.3) is 10.8 Å². The van der Waals surface area contributed by atoms with Gasteiger partial charge in [0.2, 0.25) is 0 Å². The summed E-state index contributed by atoms with van der Waals surface area (Å²) in [5, 5.41) is 2.83. The Hall–Kier alpha value is -1.56. The fourth-order valence-corrected chi connectivity index (χ4v) is 6.51. The molecule has 0 amide bonds. The lowest BCUT2D eigenvalue weighted by atomic mass is 9.67. The number of hydrogen-bond donors (Lipinski definition) is 0. The number of allylic oxidation sites excluding steroid dienone is 2. The second kappa shape index (κ2) is 10.2. The molecule has 30 heavy (non-hydrogen) atoms. The zero-order valence-corrected chi connectivity index (χ0v) is 19.6. The smallest absolute Gasteiger partial charge is 0.0162 e. The van der Waals surface area contributed by atoms with Crippen molar-refractivity contribution in [2.45, 2.75) is 90.9 Å². The van der Waals surface area contributed by atoms with Gasteiger partial charge in [0.15, 0.2) is 0 Å². The molecule has 2 aromatic rings. The Morgan fingerprint density at radius 3 is 2.13 bits per heavy atom. The van der Waals surface area contributed by atoms with E-state index in [0.29, 0.717) is 5.92 Å². The van der Waals surface area contributed by atoms with Gasteiger partial charge in [0, 0.05) is 0 Å². The first kappa shape index (κ1) is 21.7. The van der Waals surface area contributed by atoms with Gasteiger partial charge in [-0.05, 0) is 116 Å². The molecule has 162 valence electrons. The van der Waals surface area contributed by atoms with E-state index in [2.05, 4.69) is 69.3 Å². The maximum absolute atomic E-state index is 2.49. The molecule has 0 nitrogen and oxygen atoms in total. The molecule has 2 aliphatic carbocycles. The van der Waals surface area contributed by atoms with E-state index in [0.717, 1.165) is 23.7 Å². The van der Waals surface area contributed by atoms with Crippen LogP contribution in [-0.4, -0.2) is 0 Å². The molecule has 2 fully saturated rings. The number of benzene rings is 2. The zero-order valence-electron chi connectivity index (χ0n) is 19.6. The number of hydrogen-bond acceptors (Lipinski definition) is 0. The molecule has 2 aromatic carbocycles. The lowest BCUT2D eigenvalue weighted by Gasteiger charge is -2.39. The average molecular weight is 403 g/mol. The van der Waals surface area contributed by atoms with Crippen LogP contribution >= 0.6 is 0 Å². The molecule has 4 rings (SSSR count). The Kier molecular flexibility index (Phi) is 7.34. The molecule has 2 aliphatic rings. The quantitative estimate of drug-likeness (QED) is 0.423. The molecule has 0 aliphatic heterocycles. The van der Waals surface area contributed by atoms with Crippen molar-refractivity contribution in [3.8, 4) is 0 Å². The van der Waals surface area contributed by atoms with Crippen molar-refractivity contribution in [3.05, 3.63) is 59.7 Å². The topological polar surface area (TPSA) is 0 Å². The molecule has 0 heterocycles. The van der Waals surface area contributed by atoms with Crippen molar-refractivity contribution >= 4 is 10.8 Å². The number of aryl methyl sites for hydroxylation is 1. The summed E-state index contributed by atoms with van der Waals surface area (Å²) in [7, 11) is 0. The van der Waals surface area contributed by atoms with E-state index in [1.807, 2.05) is 0 Å². The van der Waals surface area contributed by atoms with E-state index in [1.165, 1.54) is 80.5 Å². The van der Waals surface area contributed by atoms with Gasteiger partial charge in [-0.2, -0.15) is 0 Å². The lowest BCUT2D eigenvalue weighted by molar-refractivity contribution is 0.148. The van der Waals surface area contributed by atoms with Crippen LogP contribution in [-0.2, 0) is 6.42 Å². The number of fused-ring (bicyclic) bond motifs is 1. The summed E-state index contributed by atoms with van der Waals surface area (Å²) in [6, 6.07) is 14.3. The molecule has 1 unspecified atom stereocenters. The highest BCUT2D eigenvalue weighted by molar-refractivity contribution is 5.84. The third-order valence-corrected chi connectivity index (χ3v) is 8.46. The van der Waals surface area contributed by atoms with Crippen molar-refractivity contribution in [1.29, 1.82) is 0 Å². The second-order valence-electron chi connectivity index (χ2n) is 10.4. The van der Waals surface area contributed by atoms with Crippen LogP contribution in [0.4, 0.5) is 0 Å². The molecule has 0 bridgehead atoms. The summed E-state index contributed by atoms with van der Waals surface area (Å²) >= 11 is 0. The highest BCUT2D eigenvalue weighted by Crippen LogP contribution is 2.45. The first-order valence-corrected chi connectivity index (χ1v) is 12.8. The molecule has 1 atom stereocenters. The van der Waals surface area contributed by atoms with E-state index in [4.69, 9.17) is 0 Å². The largest absolute Gasteiger partial charge is 0.0914 e. The van der Waals surface area contributed by atoms with Crippen molar-refractivity contribution in [2.75, 3.05) is 0 Å². The standard InChI is InChI=1S/C30H42/c1-4-6-23-8-11-26(12-9-23)27-16-14-25(15-17-27)22(3)28-18-19-29-20-24(7-5-2)10-13-30(29)21-28/h4,6,10,13,18-23,25-27H,5,7-9,11-12,14-17H2,1-3H3/b6-4+. The third-order valence-electron chi connectivity index (χ3n) is 8.46. The minimum absolute atomic E-state index is 0.691. The molecule has 0 saturated heterocycles. The van der Waals surface area contributed by atoms with Crippen LogP contribution in [0.1, 0.15) is 95.6 Å². The maximum atomic E-state index is 2.49. The van der Waals surface area contributed by atoms with E-state index in [-0.39, 0.29) is 0 Å².